The Morgan fingerprint density at radius 1 is 1.67 bits per heavy atom. The number of aliphatic hydroxyl groups is 1. The number of carbonyl (C=O) groups is 1. The van der Waals surface area contributed by atoms with Crippen LogP contribution < -0.4 is 0 Å². The van der Waals surface area contributed by atoms with Gasteiger partial charge in [-0.1, -0.05) is 0 Å². The SMILES string of the molecule is CC1(C)CC(O)CN1C(=O)CCc1cc(Br)cs1. The third-order valence-corrected chi connectivity index (χ3v) is 5.12. The first-order chi connectivity index (χ1) is 8.38. The van der Waals surface area contributed by atoms with E-state index in [0.717, 1.165) is 10.9 Å². The van der Waals surface area contributed by atoms with Crippen LogP contribution in [0.3, 0.4) is 0 Å². The van der Waals surface area contributed by atoms with Crippen molar-refractivity contribution in [1.29, 1.82) is 0 Å². The zero-order valence-electron chi connectivity index (χ0n) is 10.6. The number of thiophene rings is 1. The molecule has 3 nitrogen and oxygen atoms in total. The fourth-order valence-corrected chi connectivity index (χ4v) is 3.95. The lowest BCUT2D eigenvalue weighted by Crippen LogP contribution is -2.42. The van der Waals surface area contributed by atoms with Crippen molar-refractivity contribution < 1.29 is 9.90 Å². The molecule has 1 fully saturated rings. The second-order valence-electron chi connectivity index (χ2n) is 5.41. The highest BCUT2D eigenvalue weighted by molar-refractivity contribution is 9.10. The first kappa shape index (κ1) is 14.0. The van der Waals surface area contributed by atoms with Crippen molar-refractivity contribution in [2.45, 2.75) is 44.8 Å². The Bertz CT molecular complexity index is 444. The van der Waals surface area contributed by atoms with E-state index < -0.39 is 0 Å². The number of hydrogen-bond acceptors (Lipinski definition) is 3. The smallest absolute Gasteiger partial charge is 0.223 e. The lowest BCUT2D eigenvalue weighted by molar-refractivity contribution is -0.134. The minimum Gasteiger partial charge on any atom is -0.391 e. The van der Waals surface area contributed by atoms with Gasteiger partial charge in [0.25, 0.3) is 0 Å². The Hall–Kier alpha value is -0.390. The molecule has 1 aliphatic rings. The standard InChI is InChI=1S/C13H18BrNO2S/c1-13(2)6-10(16)7-15(13)12(17)4-3-11-5-9(14)8-18-11/h5,8,10,16H,3-4,6-7H2,1-2H3. The van der Waals surface area contributed by atoms with Crippen LogP contribution in [0, 0.1) is 0 Å². The van der Waals surface area contributed by atoms with Crippen LogP contribution in [-0.2, 0) is 11.2 Å². The Balaban J connectivity index is 1.92. The van der Waals surface area contributed by atoms with Crippen LogP contribution >= 0.6 is 27.3 Å². The van der Waals surface area contributed by atoms with Crippen molar-refractivity contribution in [3.63, 3.8) is 0 Å². The van der Waals surface area contributed by atoms with Crippen molar-refractivity contribution in [3.05, 3.63) is 20.8 Å². The summed E-state index contributed by atoms with van der Waals surface area (Å²) in [4.78, 5) is 15.2. The number of β-amino-alcohol motifs (C(OH)–C–C–N with tert-alkyl or cyclic N) is 1. The van der Waals surface area contributed by atoms with Crippen molar-refractivity contribution in [2.75, 3.05) is 6.54 Å². The van der Waals surface area contributed by atoms with Crippen LogP contribution in [0.1, 0.15) is 31.6 Å². The molecule has 100 valence electrons. The van der Waals surface area contributed by atoms with Gasteiger partial charge in [-0.25, -0.2) is 0 Å². The van der Waals surface area contributed by atoms with Crippen molar-refractivity contribution >= 4 is 33.2 Å². The van der Waals surface area contributed by atoms with Gasteiger partial charge in [0.1, 0.15) is 0 Å². The predicted octanol–water partition coefficient (Wildman–Crippen LogP) is 2.82. The normalized spacial score (nSPS) is 22.4. The maximum Gasteiger partial charge on any atom is 0.223 e. The van der Waals surface area contributed by atoms with Crippen molar-refractivity contribution in [2.24, 2.45) is 0 Å². The van der Waals surface area contributed by atoms with E-state index in [1.807, 2.05) is 24.1 Å². The van der Waals surface area contributed by atoms with Crippen LogP contribution in [0.25, 0.3) is 0 Å². The van der Waals surface area contributed by atoms with Gasteiger partial charge in [-0.15, -0.1) is 11.3 Å². The zero-order chi connectivity index (χ0) is 13.3. The maximum atomic E-state index is 12.2. The number of carbonyl (C=O) groups excluding carboxylic acids is 1. The van der Waals surface area contributed by atoms with Gasteiger partial charge in [0.15, 0.2) is 0 Å². The Labute approximate surface area is 120 Å². The molecule has 1 N–H and O–H groups in total. The van der Waals surface area contributed by atoms with Gasteiger partial charge in [-0.2, -0.15) is 0 Å². The molecule has 1 amide bonds. The van der Waals surface area contributed by atoms with E-state index in [-0.39, 0.29) is 17.6 Å². The number of rotatable bonds is 3. The van der Waals surface area contributed by atoms with Gasteiger partial charge in [-0.05, 0) is 48.7 Å². The topological polar surface area (TPSA) is 40.5 Å². The highest BCUT2D eigenvalue weighted by Gasteiger charge is 2.39. The number of nitrogens with zero attached hydrogens (tertiary/aromatic N) is 1. The number of hydrogen-bond donors (Lipinski definition) is 1. The molecule has 1 aromatic heterocycles. The summed E-state index contributed by atoms with van der Waals surface area (Å²) in [5.74, 6) is 0.140. The number of aliphatic hydroxyl groups excluding tert-OH is 1. The Kier molecular flexibility index (Phi) is 4.14. The van der Waals surface area contributed by atoms with Crippen LogP contribution in [0.2, 0.25) is 0 Å². The van der Waals surface area contributed by atoms with E-state index in [0.29, 0.717) is 19.4 Å². The van der Waals surface area contributed by atoms with E-state index in [1.165, 1.54) is 4.88 Å². The summed E-state index contributed by atoms with van der Waals surface area (Å²) in [6, 6.07) is 2.06. The van der Waals surface area contributed by atoms with E-state index in [4.69, 9.17) is 0 Å². The zero-order valence-corrected chi connectivity index (χ0v) is 13.1. The fraction of sp³-hybridized carbons (Fsp3) is 0.615. The van der Waals surface area contributed by atoms with Gasteiger partial charge >= 0.3 is 0 Å². The summed E-state index contributed by atoms with van der Waals surface area (Å²) in [6.45, 7) is 4.51. The lowest BCUT2D eigenvalue weighted by atomic mass is 10.0. The van der Waals surface area contributed by atoms with Gasteiger partial charge in [0.2, 0.25) is 5.91 Å². The molecule has 2 heterocycles. The summed E-state index contributed by atoms with van der Waals surface area (Å²) in [5.41, 5.74) is -0.216. The molecular formula is C13H18BrNO2S. The molecule has 2 rings (SSSR count). The highest BCUT2D eigenvalue weighted by Crippen LogP contribution is 2.29. The number of aryl methyl sites for hydroxylation is 1. The molecule has 0 aromatic carbocycles. The molecule has 0 spiro atoms. The predicted molar refractivity (Wildman–Crippen MR) is 76.8 cm³/mol. The van der Waals surface area contributed by atoms with Crippen LogP contribution in [0.4, 0.5) is 0 Å². The van der Waals surface area contributed by atoms with Crippen molar-refractivity contribution in [3.8, 4) is 0 Å². The molecule has 1 atom stereocenters. The monoisotopic (exact) mass is 331 g/mol. The maximum absolute atomic E-state index is 12.2. The average molecular weight is 332 g/mol. The third kappa shape index (κ3) is 3.13. The largest absolute Gasteiger partial charge is 0.391 e. The first-order valence-corrected chi connectivity index (χ1v) is 7.77. The summed E-state index contributed by atoms with van der Waals surface area (Å²) in [5, 5.41) is 11.7. The van der Waals surface area contributed by atoms with Crippen LogP contribution in [0.15, 0.2) is 15.9 Å². The van der Waals surface area contributed by atoms with E-state index in [2.05, 4.69) is 22.0 Å². The number of halogens is 1. The minimum absolute atomic E-state index is 0.140. The molecule has 1 aliphatic heterocycles. The molecule has 0 bridgehead atoms. The van der Waals surface area contributed by atoms with E-state index in [1.54, 1.807) is 11.3 Å². The summed E-state index contributed by atoms with van der Waals surface area (Å²) >= 11 is 5.08. The first-order valence-electron chi connectivity index (χ1n) is 6.10. The quantitative estimate of drug-likeness (QED) is 0.925. The summed E-state index contributed by atoms with van der Waals surface area (Å²) < 4.78 is 1.08. The average Bonchev–Trinajstić information content (AvgIpc) is 2.78. The van der Waals surface area contributed by atoms with E-state index in [9.17, 15) is 9.90 Å². The summed E-state index contributed by atoms with van der Waals surface area (Å²) in [7, 11) is 0. The fourth-order valence-electron chi connectivity index (χ4n) is 2.50. The van der Waals surface area contributed by atoms with Gasteiger partial charge in [-0.3, -0.25) is 4.79 Å². The second-order valence-corrected chi connectivity index (χ2v) is 7.32. The molecule has 0 radical (unpaired) electrons. The van der Waals surface area contributed by atoms with Gasteiger partial charge in [0, 0.05) is 33.2 Å². The minimum atomic E-state index is -0.375. The van der Waals surface area contributed by atoms with Crippen LogP contribution in [-0.4, -0.2) is 34.1 Å². The second kappa shape index (κ2) is 5.31. The molecule has 0 aliphatic carbocycles. The van der Waals surface area contributed by atoms with Gasteiger partial charge in [0.05, 0.1) is 6.10 Å². The van der Waals surface area contributed by atoms with Gasteiger partial charge < -0.3 is 10.0 Å². The van der Waals surface area contributed by atoms with E-state index >= 15 is 0 Å². The highest BCUT2D eigenvalue weighted by atomic mass is 79.9. The molecule has 5 heteroatoms. The van der Waals surface area contributed by atoms with Crippen molar-refractivity contribution in [1.82, 2.24) is 4.90 Å². The van der Waals surface area contributed by atoms with Crippen LogP contribution in [0.5, 0.6) is 0 Å². The lowest BCUT2D eigenvalue weighted by Gasteiger charge is -2.31. The third-order valence-electron chi connectivity index (χ3n) is 3.37. The molecular weight excluding hydrogens is 314 g/mol. The molecule has 1 unspecified atom stereocenters. The molecule has 0 saturated carbocycles. The molecule has 1 aromatic rings. The number of amides is 1. The summed E-state index contributed by atoms with van der Waals surface area (Å²) in [6.07, 6.45) is 1.59. The Morgan fingerprint density at radius 3 is 2.89 bits per heavy atom. The molecule has 18 heavy (non-hydrogen) atoms. The molecule has 1 saturated heterocycles. The Morgan fingerprint density at radius 2 is 2.39 bits per heavy atom. The number of likely N-dealkylation sites (tertiary alicyclic amines) is 1.